The second-order valence-corrected chi connectivity index (χ2v) is 6.23. The van der Waals surface area contributed by atoms with Crippen LogP contribution in [-0.2, 0) is 4.74 Å². The third-order valence-electron chi connectivity index (χ3n) is 3.32. The quantitative estimate of drug-likeness (QED) is 0.536. The van der Waals surface area contributed by atoms with Crippen LogP contribution in [0.1, 0.15) is 66.7 Å². The smallest absolute Gasteiger partial charge is 0.0897 e. The summed E-state index contributed by atoms with van der Waals surface area (Å²) in [6, 6.07) is 0.481. The number of aliphatic hydroxyl groups is 1. The van der Waals surface area contributed by atoms with Crippen molar-refractivity contribution >= 4 is 0 Å². The van der Waals surface area contributed by atoms with Gasteiger partial charge in [0.15, 0.2) is 0 Å². The van der Waals surface area contributed by atoms with Gasteiger partial charge in [-0.05, 0) is 32.6 Å². The zero-order valence-electron chi connectivity index (χ0n) is 13.6. The summed E-state index contributed by atoms with van der Waals surface area (Å²) in [7, 11) is 0. The van der Waals surface area contributed by atoms with Crippen molar-refractivity contribution in [2.75, 3.05) is 13.2 Å². The minimum Gasteiger partial charge on any atom is -0.389 e. The Labute approximate surface area is 120 Å². The number of rotatable bonds is 12. The highest BCUT2D eigenvalue weighted by Crippen LogP contribution is 2.08. The largest absolute Gasteiger partial charge is 0.389 e. The first-order chi connectivity index (χ1) is 8.95. The van der Waals surface area contributed by atoms with Crippen molar-refractivity contribution in [2.24, 2.45) is 5.92 Å². The Kier molecular flexibility index (Phi) is 11.6. The highest BCUT2D eigenvalue weighted by atomic mass is 16.5. The molecule has 0 fully saturated rings. The average molecular weight is 273 g/mol. The van der Waals surface area contributed by atoms with E-state index in [0.717, 1.165) is 6.42 Å². The first-order valence-electron chi connectivity index (χ1n) is 7.98. The molecule has 0 bridgehead atoms. The van der Waals surface area contributed by atoms with E-state index < -0.39 is 6.10 Å². The van der Waals surface area contributed by atoms with E-state index in [9.17, 15) is 5.11 Å². The summed E-state index contributed by atoms with van der Waals surface area (Å²) in [4.78, 5) is 0. The molecule has 19 heavy (non-hydrogen) atoms. The lowest BCUT2D eigenvalue weighted by atomic mass is 10.1. The third-order valence-corrected chi connectivity index (χ3v) is 3.32. The van der Waals surface area contributed by atoms with Crippen LogP contribution in [0.25, 0.3) is 0 Å². The van der Waals surface area contributed by atoms with Crippen molar-refractivity contribution in [1.29, 1.82) is 0 Å². The van der Waals surface area contributed by atoms with Gasteiger partial charge in [0.1, 0.15) is 0 Å². The number of unbranched alkanes of at least 4 members (excludes halogenated alkanes) is 2. The van der Waals surface area contributed by atoms with Crippen molar-refractivity contribution in [2.45, 2.75) is 85.0 Å². The highest BCUT2D eigenvalue weighted by molar-refractivity contribution is 4.66. The Hall–Kier alpha value is -0.120. The predicted octanol–water partition coefficient (Wildman–Crippen LogP) is 3.36. The minimum absolute atomic E-state index is 0.233. The summed E-state index contributed by atoms with van der Waals surface area (Å²) >= 11 is 0. The molecule has 0 heterocycles. The second kappa shape index (κ2) is 11.7. The zero-order chi connectivity index (χ0) is 14.7. The fourth-order valence-corrected chi connectivity index (χ4v) is 2.21. The summed E-state index contributed by atoms with van der Waals surface area (Å²) < 4.78 is 5.66. The molecule has 0 amide bonds. The molecule has 0 spiro atoms. The zero-order valence-corrected chi connectivity index (χ0v) is 13.6. The molecule has 3 heteroatoms. The van der Waals surface area contributed by atoms with Crippen LogP contribution in [-0.4, -0.2) is 36.5 Å². The molecule has 116 valence electrons. The van der Waals surface area contributed by atoms with Gasteiger partial charge in [-0.15, -0.1) is 0 Å². The van der Waals surface area contributed by atoms with E-state index >= 15 is 0 Å². The Morgan fingerprint density at radius 1 is 1.11 bits per heavy atom. The topological polar surface area (TPSA) is 41.5 Å². The van der Waals surface area contributed by atoms with Crippen LogP contribution in [0.2, 0.25) is 0 Å². The van der Waals surface area contributed by atoms with Crippen LogP contribution in [0.5, 0.6) is 0 Å². The number of hydrogen-bond donors (Lipinski definition) is 2. The van der Waals surface area contributed by atoms with E-state index in [1.807, 2.05) is 0 Å². The molecular formula is C16H35NO2. The molecule has 0 aromatic carbocycles. The van der Waals surface area contributed by atoms with Gasteiger partial charge in [0, 0.05) is 12.6 Å². The first kappa shape index (κ1) is 18.9. The van der Waals surface area contributed by atoms with E-state index in [4.69, 9.17) is 4.74 Å². The maximum Gasteiger partial charge on any atom is 0.0897 e. The van der Waals surface area contributed by atoms with Gasteiger partial charge in [0.2, 0.25) is 0 Å². The van der Waals surface area contributed by atoms with Gasteiger partial charge >= 0.3 is 0 Å². The molecule has 0 saturated heterocycles. The van der Waals surface area contributed by atoms with Crippen molar-refractivity contribution in [3.8, 4) is 0 Å². The average Bonchev–Trinajstić information content (AvgIpc) is 2.33. The van der Waals surface area contributed by atoms with Crippen LogP contribution < -0.4 is 5.32 Å². The molecular weight excluding hydrogens is 238 g/mol. The Balaban J connectivity index is 3.55. The van der Waals surface area contributed by atoms with Gasteiger partial charge in [-0.3, -0.25) is 0 Å². The van der Waals surface area contributed by atoms with E-state index in [0.29, 0.717) is 25.1 Å². The van der Waals surface area contributed by atoms with Crippen LogP contribution in [0.4, 0.5) is 0 Å². The Morgan fingerprint density at radius 2 is 1.79 bits per heavy atom. The van der Waals surface area contributed by atoms with E-state index in [-0.39, 0.29) is 6.10 Å². The minimum atomic E-state index is -0.400. The maximum atomic E-state index is 9.87. The Morgan fingerprint density at radius 3 is 2.37 bits per heavy atom. The lowest BCUT2D eigenvalue weighted by Gasteiger charge is -2.20. The first-order valence-corrected chi connectivity index (χ1v) is 7.98. The predicted molar refractivity (Wildman–Crippen MR) is 82.5 cm³/mol. The molecule has 0 aliphatic heterocycles. The number of ether oxygens (including phenoxy) is 1. The molecule has 3 atom stereocenters. The van der Waals surface area contributed by atoms with E-state index in [1.54, 1.807) is 0 Å². The normalized spacial score (nSPS) is 16.6. The van der Waals surface area contributed by atoms with Gasteiger partial charge in [0.05, 0.1) is 18.8 Å². The molecule has 0 aliphatic rings. The molecule has 0 aromatic heterocycles. The van der Waals surface area contributed by atoms with Crippen molar-refractivity contribution < 1.29 is 9.84 Å². The van der Waals surface area contributed by atoms with Gasteiger partial charge < -0.3 is 15.2 Å². The summed E-state index contributed by atoms with van der Waals surface area (Å²) in [5, 5.41) is 13.2. The lowest BCUT2D eigenvalue weighted by molar-refractivity contribution is -0.00919. The fraction of sp³-hybridized carbons (Fsp3) is 1.00. The molecule has 0 aliphatic carbocycles. The molecule has 0 saturated carbocycles. The summed E-state index contributed by atoms with van der Waals surface area (Å²) in [5.41, 5.74) is 0. The molecule has 3 nitrogen and oxygen atoms in total. The van der Waals surface area contributed by atoms with Gasteiger partial charge in [0.25, 0.3) is 0 Å². The SMILES string of the molecule is CCCCCC(C)NCC(O)COC(C)CC(C)C. The van der Waals surface area contributed by atoms with Crippen LogP contribution in [0, 0.1) is 5.92 Å². The highest BCUT2D eigenvalue weighted by Gasteiger charge is 2.10. The van der Waals surface area contributed by atoms with Gasteiger partial charge in [-0.2, -0.15) is 0 Å². The number of aliphatic hydroxyl groups excluding tert-OH is 1. The van der Waals surface area contributed by atoms with Crippen LogP contribution in [0.3, 0.4) is 0 Å². The standard InChI is InChI=1S/C16H35NO2/c1-6-7-8-9-14(4)17-11-16(18)12-19-15(5)10-13(2)3/h13-18H,6-12H2,1-5H3. The summed E-state index contributed by atoms with van der Waals surface area (Å²) in [6.07, 6.45) is 5.89. The summed E-state index contributed by atoms with van der Waals surface area (Å²) in [5.74, 6) is 0.642. The van der Waals surface area contributed by atoms with Crippen molar-refractivity contribution in [1.82, 2.24) is 5.32 Å². The Bertz CT molecular complexity index is 197. The van der Waals surface area contributed by atoms with Crippen molar-refractivity contribution in [3.63, 3.8) is 0 Å². The van der Waals surface area contributed by atoms with Gasteiger partial charge in [-0.25, -0.2) is 0 Å². The van der Waals surface area contributed by atoms with Crippen LogP contribution >= 0.6 is 0 Å². The molecule has 0 radical (unpaired) electrons. The number of nitrogens with one attached hydrogen (secondary N) is 1. The fourth-order valence-electron chi connectivity index (χ4n) is 2.21. The monoisotopic (exact) mass is 273 g/mol. The second-order valence-electron chi connectivity index (χ2n) is 6.23. The van der Waals surface area contributed by atoms with E-state index in [1.165, 1.54) is 25.7 Å². The maximum absolute atomic E-state index is 9.87. The van der Waals surface area contributed by atoms with E-state index in [2.05, 4.69) is 39.9 Å². The summed E-state index contributed by atoms with van der Waals surface area (Å²) in [6.45, 7) is 11.9. The van der Waals surface area contributed by atoms with Crippen molar-refractivity contribution in [3.05, 3.63) is 0 Å². The van der Waals surface area contributed by atoms with Gasteiger partial charge in [-0.1, -0.05) is 40.0 Å². The molecule has 2 N–H and O–H groups in total. The lowest BCUT2D eigenvalue weighted by Crippen LogP contribution is -2.36. The molecule has 0 rings (SSSR count). The van der Waals surface area contributed by atoms with Crippen LogP contribution in [0.15, 0.2) is 0 Å². The molecule has 3 unspecified atom stereocenters. The third kappa shape index (κ3) is 12.6. The number of hydrogen-bond acceptors (Lipinski definition) is 3. The molecule has 0 aromatic rings.